The molecule has 2 aromatic heterocycles. The fraction of sp³-hybridized carbons (Fsp3) is 0.300. The van der Waals surface area contributed by atoms with E-state index < -0.39 is 5.97 Å². The molecule has 0 radical (unpaired) electrons. The van der Waals surface area contributed by atoms with Gasteiger partial charge in [-0.2, -0.15) is 0 Å². The van der Waals surface area contributed by atoms with Crippen LogP contribution in [-0.2, 0) is 12.8 Å². The quantitative estimate of drug-likeness (QED) is 0.605. The Morgan fingerprint density at radius 1 is 1.21 bits per heavy atom. The molecule has 7 nitrogen and oxygen atoms in total. The Labute approximate surface area is 167 Å². The van der Waals surface area contributed by atoms with Gasteiger partial charge in [-0.25, -0.2) is 19.7 Å². The minimum Gasteiger partial charge on any atom is -0.495 e. The molecule has 3 rings (SSSR count). The first-order valence-electron chi connectivity index (χ1n) is 8.97. The van der Waals surface area contributed by atoms with E-state index in [-0.39, 0.29) is 5.56 Å². The minimum absolute atomic E-state index is 0.161. The highest BCUT2D eigenvalue weighted by Gasteiger charge is 2.17. The monoisotopic (exact) mass is 398 g/mol. The number of ether oxygens (including phenoxy) is 1. The zero-order valence-corrected chi connectivity index (χ0v) is 17.1. The van der Waals surface area contributed by atoms with Gasteiger partial charge in [-0.1, -0.05) is 13.8 Å². The van der Waals surface area contributed by atoms with E-state index in [0.29, 0.717) is 23.1 Å². The second-order valence-electron chi connectivity index (χ2n) is 6.13. The molecule has 0 spiro atoms. The molecule has 0 unspecified atom stereocenters. The number of hydrogen-bond donors (Lipinski definition) is 2. The largest absolute Gasteiger partial charge is 0.495 e. The maximum absolute atomic E-state index is 11.2. The van der Waals surface area contributed by atoms with Crippen molar-refractivity contribution < 1.29 is 14.6 Å². The van der Waals surface area contributed by atoms with Gasteiger partial charge in [0, 0.05) is 16.6 Å². The summed E-state index contributed by atoms with van der Waals surface area (Å²) in [6, 6.07) is 4.70. The SMILES string of the molecule is CCc1nc(-c2csc(C)n2)nc(Nc2ccc(C(=O)O)cc2OC)c1CC. The fourth-order valence-corrected chi connectivity index (χ4v) is 3.52. The molecular formula is C20H22N4O3S. The van der Waals surface area contributed by atoms with E-state index in [0.717, 1.165) is 34.8 Å². The Balaban J connectivity index is 2.09. The van der Waals surface area contributed by atoms with Gasteiger partial charge < -0.3 is 15.2 Å². The Morgan fingerprint density at radius 3 is 2.57 bits per heavy atom. The second-order valence-corrected chi connectivity index (χ2v) is 7.19. The van der Waals surface area contributed by atoms with E-state index in [4.69, 9.17) is 14.7 Å². The lowest BCUT2D eigenvalue weighted by atomic mass is 10.1. The highest BCUT2D eigenvalue weighted by atomic mass is 32.1. The number of carboxylic acid groups (broad SMARTS) is 1. The van der Waals surface area contributed by atoms with Crippen molar-refractivity contribution in [1.82, 2.24) is 15.0 Å². The molecule has 3 aromatic rings. The average molecular weight is 398 g/mol. The first-order chi connectivity index (χ1) is 13.5. The summed E-state index contributed by atoms with van der Waals surface area (Å²) < 4.78 is 5.38. The van der Waals surface area contributed by atoms with Crippen LogP contribution in [0.15, 0.2) is 23.6 Å². The molecule has 0 atom stereocenters. The van der Waals surface area contributed by atoms with Gasteiger partial charge in [-0.3, -0.25) is 0 Å². The summed E-state index contributed by atoms with van der Waals surface area (Å²) in [5.74, 6) is 0.679. The van der Waals surface area contributed by atoms with E-state index in [1.54, 1.807) is 17.4 Å². The van der Waals surface area contributed by atoms with Gasteiger partial charge >= 0.3 is 5.97 Å². The Morgan fingerprint density at radius 2 is 2.00 bits per heavy atom. The van der Waals surface area contributed by atoms with Crippen molar-refractivity contribution in [3.8, 4) is 17.3 Å². The lowest BCUT2D eigenvalue weighted by Crippen LogP contribution is -2.08. The number of aryl methyl sites for hydroxylation is 2. The summed E-state index contributed by atoms with van der Waals surface area (Å²) in [5, 5.41) is 15.4. The van der Waals surface area contributed by atoms with Crippen LogP contribution in [0.1, 0.15) is 40.5 Å². The lowest BCUT2D eigenvalue weighted by Gasteiger charge is -2.16. The molecule has 0 aliphatic rings. The van der Waals surface area contributed by atoms with E-state index >= 15 is 0 Å². The standard InChI is InChI=1S/C20H22N4O3S/c1-5-13-14(6-2)22-19(16-10-28-11(3)21-16)24-18(13)23-15-8-7-12(20(25)26)9-17(15)27-4/h7-10H,5-6H2,1-4H3,(H,25,26)(H,22,23,24). The number of aromatic carboxylic acids is 1. The average Bonchev–Trinajstić information content (AvgIpc) is 3.13. The molecule has 0 bridgehead atoms. The minimum atomic E-state index is -1.00. The number of aromatic nitrogens is 3. The normalized spacial score (nSPS) is 10.7. The van der Waals surface area contributed by atoms with Crippen LogP contribution in [0.25, 0.3) is 11.5 Å². The molecule has 1 aromatic carbocycles. The van der Waals surface area contributed by atoms with Crippen molar-refractivity contribution in [3.63, 3.8) is 0 Å². The van der Waals surface area contributed by atoms with Crippen molar-refractivity contribution in [2.24, 2.45) is 0 Å². The predicted octanol–water partition coefficient (Wildman–Crippen LogP) is 4.48. The molecule has 2 heterocycles. The number of thiazole rings is 1. The number of carbonyl (C=O) groups is 1. The van der Waals surface area contributed by atoms with Crippen molar-refractivity contribution in [2.45, 2.75) is 33.6 Å². The number of nitrogens with one attached hydrogen (secondary N) is 1. The van der Waals surface area contributed by atoms with E-state index in [1.165, 1.54) is 19.2 Å². The van der Waals surface area contributed by atoms with Crippen LogP contribution in [0.4, 0.5) is 11.5 Å². The molecule has 8 heteroatoms. The molecule has 0 fully saturated rings. The third kappa shape index (κ3) is 3.96. The number of anilines is 2. The number of benzene rings is 1. The van der Waals surface area contributed by atoms with Crippen LogP contribution < -0.4 is 10.1 Å². The van der Waals surface area contributed by atoms with Crippen LogP contribution in [0.5, 0.6) is 5.75 Å². The summed E-state index contributed by atoms with van der Waals surface area (Å²) in [6.45, 7) is 6.06. The first kappa shape index (κ1) is 19.8. The number of rotatable bonds is 7. The molecule has 0 saturated heterocycles. The third-order valence-electron chi connectivity index (χ3n) is 4.33. The van der Waals surface area contributed by atoms with Crippen LogP contribution in [-0.4, -0.2) is 33.1 Å². The molecular weight excluding hydrogens is 376 g/mol. The molecule has 0 aliphatic carbocycles. The second kappa shape index (κ2) is 8.35. The summed E-state index contributed by atoms with van der Waals surface area (Å²) in [7, 11) is 1.51. The Kier molecular flexibility index (Phi) is 5.89. The van der Waals surface area contributed by atoms with E-state index in [2.05, 4.69) is 24.1 Å². The van der Waals surface area contributed by atoms with Gasteiger partial charge in [0.1, 0.15) is 17.3 Å². The van der Waals surface area contributed by atoms with Crippen molar-refractivity contribution in [3.05, 3.63) is 45.4 Å². The lowest BCUT2D eigenvalue weighted by molar-refractivity contribution is 0.0696. The molecule has 2 N–H and O–H groups in total. The molecule has 0 saturated carbocycles. The number of hydrogen-bond acceptors (Lipinski definition) is 7. The van der Waals surface area contributed by atoms with Gasteiger partial charge in [0.2, 0.25) is 0 Å². The van der Waals surface area contributed by atoms with E-state index in [1.807, 2.05) is 12.3 Å². The van der Waals surface area contributed by atoms with Gasteiger partial charge in [-0.15, -0.1) is 11.3 Å². The maximum atomic E-state index is 11.2. The van der Waals surface area contributed by atoms with E-state index in [9.17, 15) is 9.90 Å². The highest BCUT2D eigenvalue weighted by molar-refractivity contribution is 7.09. The van der Waals surface area contributed by atoms with Crippen molar-refractivity contribution in [1.29, 1.82) is 0 Å². The molecule has 146 valence electrons. The van der Waals surface area contributed by atoms with Gasteiger partial charge in [0.05, 0.1) is 23.4 Å². The smallest absolute Gasteiger partial charge is 0.335 e. The van der Waals surface area contributed by atoms with Crippen LogP contribution in [0, 0.1) is 6.92 Å². The van der Waals surface area contributed by atoms with Gasteiger partial charge in [-0.05, 0) is 38.0 Å². The number of carboxylic acids is 1. The van der Waals surface area contributed by atoms with Crippen LogP contribution in [0.2, 0.25) is 0 Å². The predicted molar refractivity (Wildman–Crippen MR) is 110 cm³/mol. The van der Waals surface area contributed by atoms with Gasteiger partial charge in [0.15, 0.2) is 5.82 Å². The summed E-state index contributed by atoms with van der Waals surface area (Å²) in [5.41, 5.74) is 3.53. The first-order valence-corrected chi connectivity index (χ1v) is 9.85. The van der Waals surface area contributed by atoms with Crippen molar-refractivity contribution in [2.75, 3.05) is 12.4 Å². The highest BCUT2D eigenvalue weighted by Crippen LogP contribution is 2.32. The molecule has 0 aliphatic heterocycles. The Hall–Kier alpha value is -3.00. The van der Waals surface area contributed by atoms with Crippen LogP contribution >= 0.6 is 11.3 Å². The maximum Gasteiger partial charge on any atom is 0.335 e. The Bertz CT molecular complexity index is 1020. The summed E-state index contributed by atoms with van der Waals surface area (Å²) in [4.78, 5) is 25.2. The fourth-order valence-electron chi connectivity index (χ4n) is 2.93. The topological polar surface area (TPSA) is 97.2 Å². The zero-order valence-electron chi connectivity index (χ0n) is 16.2. The van der Waals surface area contributed by atoms with Gasteiger partial charge in [0.25, 0.3) is 0 Å². The summed E-state index contributed by atoms with van der Waals surface area (Å²) in [6.07, 6.45) is 1.53. The molecule has 0 amide bonds. The summed E-state index contributed by atoms with van der Waals surface area (Å²) >= 11 is 1.56. The van der Waals surface area contributed by atoms with Crippen LogP contribution in [0.3, 0.4) is 0 Å². The zero-order chi connectivity index (χ0) is 20.3. The van der Waals surface area contributed by atoms with Crippen molar-refractivity contribution >= 4 is 28.8 Å². The number of methoxy groups -OCH3 is 1. The molecule has 28 heavy (non-hydrogen) atoms. The number of nitrogens with zero attached hydrogens (tertiary/aromatic N) is 3. The third-order valence-corrected chi connectivity index (χ3v) is 5.10.